The van der Waals surface area contributed by atoms with Crippen LogP contribution in [0, 0.1) is 0 Å². The third-order valence-electron chi connectivity index (χ3n) is 15.1. The summed E-state index contributed by atoms with van der Waals surface area (Å²) in [6.07, 6.45) is 0. The highest BCUT2D eigenvalue weighted by Gasteiger charge is 2.38. The van der Waals surface area contributed by atoms with Crippen molar-refractivity contribution < 1.29 is 4.42 Å². The molecule has 2 nitrogen and oxygen atoms in total. The summed E-state index contributed by atoms with van der Waals surface area (Å²) in [4.78, 5) is 2.47. The van der Waals surface area contributed by atoms with E-state index in [0.717, 1.165) is 39.0 Å². The molecule has 2 heteroatoms. The number of anilines is 3. The van der Waals surface area contributed by atoms with Crippen LogP contribution in [-0.4, -0.2) is 0 Å². The van der Waals surface area contributed by atoms with E-state index in [1.807, 2.05) is 12.1 Å². The van der Waals surface area contributed by atoms with Gasteiger partial charge in [0.05, 0.1) is 0 Å². The number of para-hydroxylation sites is 1. The minimum atomic E-state index is -0.238. The Morgan fingerprint density at radius 3 is 1.26 bits per heavy atom. The average molecular weight is 872 g/mol. The fourth-order valence-electron chi connectivity index (χ4n) is 11.5. The Labute approximate surface area is 398 Å². The maximum Gasteiger partial charge on any atom is 0.135 e. The number of fused-ring (bicyclic) bond motifs is 9. The van der Waals surface area contributed by atoms with E-state index < -0.39 is 0 Å². The highest BCUT2D eigenvalue weighted by molar-refractivity contribution is 6.06. The van der Waals surface area contributed by atoms with Gasteiger partial charge in [0.1, 0.15) is 11.2 Å². The summed E-state index contributed by atoms with van der Waals surface area (Å²) in [5.74, 6) is 0. The van der Waals surface area contributed by atoms with E-state index in [1.54, 1.807) is 0 Å². The molecular formula is C66H49NO. The molecule has 2 aliphatic rings. The molecule has 2 aliphatic carbocycles. The lowest BCUT2D eigenvalue weighted by atomic mass is 9.81. The van der Waals surface area contributed by atoms with Crippen LogP contribution in [0.5, 0.6) is 0 Å². The Kier molecular flexibility index (Phi) is 8.95. The number of rotatable bonds is 7. The number of hydrogen-bond acceptors (Lipinski definition) is 2. The number of nitrogens with zero attached hydrogens (tertiary/aromatic N) is 1. The van der Waals surface area contributed by atoms with E-state index in [1.165, 1.54) is 89.0 Å². The van der Waals surface area contributed by atoms with Crippen LogP contribution >= 0.6 is 0 Å². The van der Waals surface area contributed by atoms with Crippen molar-refractivity contribution in [2.24, 2.45) is 0 Å². The Morgan fingerprint density at radius 1 is 0.279 bits per heavy atom. The van der Waals surface area contributed by atoms with Crippen molar-refractivity contribution in [1.29, 1.82) is 0 Å². The molecule has 0 saturated carbocycles. The van der Waals surface area contributed by atoms with Crippen LogP contribution in [0.25, 0.3) is 88.7 Å². The Hall–Kier alpha value is -8.20. The second kappa shape index (κ2) is 15.2. The van der Waals surface area contributed by atoms with E-state index in [-0.39, 0.29) is 10.8 Å². The number of benzene rings is 10. The van der Waals surface area contributed by atoms with Crippen molar-refractivity contribution in [1.82, 2.24) is 0 Å². The zero-order valence-corrected chi connectivity index (χ0v) is 38.7. The lowest BCUT2D eigenvalue weighted by Gasteiger charge is -2.30. The zero-order chi connectivity index (χ0) is 45.7. The molecule has 0 spiro atoms. The summed E-state index contributed by atoms with van der Waals surface area (Å²) in [5.41, 5.74) is 25.2. The first-order chi connectivity index (χ1) is 33.2. The van der Waals surface area contributed by atoms with E-state index in [2.05, 4.69) is 245 Å². The van der Waals surface area contributed by atoms with Crippen LogP contribution in [0.1, 0.15) is 49.9 Å². The molecule has 1 heterocycles. The Morgan fingerprint density at radius 2 is 0.676 bits per heavy atom. The molecule has 68 heavy (non-hydrogen) atoms. The van der Waals surface area contributed by atoms with Crippen LogP contribution in [-0.2, 0) is 10.8 Å². The van der Waals surface area contributed by atoms with Crippen LogP contribution in [0.15, 0.2) is 229 Å². The predicted molar refractivity (Wildman–Crippen MR) is 285 cm³/mol. The molecule has 324 valence electrons. The molecule has 0 amide bonds. The van der Waals surface area contributed by atoms with Gasteiger partial charge in [-0.3, -0.25) is 0 Å². The molecule has 0 aliphatic heterocycles. The van der Waals surface area contributed by atoms with E-state index in [9.17, 15) is 0 Å². The topological polar surface area (TPSA) is 16.4 Å². The summed E-state index contributed by atoms with van der Waals surface area (Å²) < 4.78 is 6.20. The summed E-state index contributed by atoms with van der Waals surface area (Å²) in [7, 11) is 0. The molecule has 0 atom stereocenters. The maximum atomic E-state index is 6.20. The number of hydrogen-bond donors (Lipinski definition) is 0. The van der Waals surface area contributed by atoms with Gasteiger partial charge < -0.3 is 9.32 Å². The second-order valence-corrected chi connectivity index (χ2v) is 19.7. The molecule has 1 aromatic heterocycles. The van der Waals surface area contributed by atoms with Crippen molar-refractivity contribution in [3.8, 4) is 66.8 Å². The minimum Gasteiger partial charge on any atom is -0.456 e. The van der Waals surface area contributed by atoms with Gasteiger partial charge in [0, 0.05) is 38.7 Å². The van der Waals surface area contributed by atoms with Crippen molar-refractivity contribution in [3.05, 3.63) is 247 Å². The fraction of sp³-hybridized carbons (Fsp3) is 0.0909. The van der Waals surface area contributed by atoms with E-state index in [4.69, 9.17) is 4.42 Å². The molecule has 0 N–H and O–H groups in total. The Balaban J connectivity index is 0.917. The van der Waals surface area contributed by atoms with E-state index in [0.29, 0.717) is 0 Å². The first-order valence-corrected chi connectivity index (χ1v) is 23.8. The summed E-state index contributed by atoms with van der Waals surface area (Å²) in [6.45, 7) is 9.55. The smallest absolute Gasteiger partial charge is 0.135 e. The van der Waals surface area contributed by atoms with Crippen molar-refractivity contribution >= 4 is 39.0 Å². The molecule has 13 rings (SSSR count). The van der Waals surface area contributed by atoms with Gasteiger partial charge in [-0.15, -0.1) is 0 Å². The summed E-state index contributed by atoms with van der Waals surface area (Å²) in [5, 5.41) is 2.30. The van der Waals surface area contributed by atoms with Gasteiger partial charge in [-0.1, -0.05) is 185 Å². The van der Waals surface area contributed by atoms with Gasteiger partial charge in [0.25, 0.3) is 0 Å². The largest absolute Gasteiger partial charge is 0.456 e. The zero-order valence-electron chi connectivity index (χ0n) is 38.7. The van der Waals surface area contributed by atoms with Crippen LogP contribution in [0.3, 0.4) is 0 Å². The lowest BCUT2D eigenvalue weighted by molar-refractivity contribution is 0.660. The molecule has 0 radical (unpaired) electrons. The molecular weight excluding hydrogens is 823 g/mol. The van der Waals surface area contributed by atoms with E-state index >= 15 is 0 Å². The SMILES string of the molecule is CC1(C)c2cc(-c3ccccc3)ccc2-c2ccc(N(c3ccc(-c4ccccc4-c4ccccc4)cc3)c3ccc4c(c3)C(C)(C)c3cc(-c5ccc6oc7ccccc7c6c5)ccc3-4)cc21. The fourth-order valence-corrected chi connectivity index (χ4v) is 11.5. The maximum absolute atomic E-state index is 6.20. The third-order valence-corrected chi connectivity index (χ3v) is 15.1. The predicted octanol–water partition coefficient (Wildman–Crippen LogP) is 18.3. The monoisotopic (exact) mass is 871 g/mol. The van der Waals surface area contributed by atoms with Gasteiger partial charge in [0.2, 0.25) is 0 Å². The van der Waals surface area contributed by atoms with Gasteiger partial charge in [0.15, 0.2) is 0 Å². The molecule has 0 fully saturated rings. The molecule has 0 saturated heterocycles. The van der Waals surface area contributed by atoms with Crippen LogP contribution in [0.2, 0.25) is 0 Å². The molecule has 0 unspecified atom stereocenters. The first kappa shape index (κ1) is 40.1. The van der Waals surface area contributed by atoms with Crippen molar-refractivity contribution in [2.45, 2.75) is 38.5 Å². The average Bonchev–Trinajstić information content (AvgIpc) is 3.95. The van der Waals surface area contributed by atoms with Crippen molar-refractivity contribution in [3.63, 3.8) is 0 Å². The Bertz CT molecular complexity index is 3780. The minimum absolute atomic E-state index is 0.198. The van der Waals surface area contributed by atoms with Gasteiger partial charge in [-0.2, -0.15) is 0 Å². The highest BCUT2D eigenvalue weighted by Crippen LogP contribution is 2.54. The first-order valence-electron chi connectivity index (χ1n) is 23.8. The van der Waals surface area contributed by atoms with Gasteiger partial charge >= 0.3 is 0 Å². The summed E-state index contributed by atoms with van der Waals surface area (Å²) >= 11 is 0. The van der Waals surface area contributed by atoms with Crippen LogP contribution in [0.4, 0.5) is 17.1 Å². The summed E-state index contributed by atoms with van der Waals surface area (Å²) in [6, 6.07) is 82.7. The van der Waals surface area contributed by atoms with Crippen LogP contribution < -0.4 is 4.90 Å². The van der Waals surface area contributed by atoms with Crippen molar-refractivity contribution in [2.75, 3.05) is 4.90 Å². The second-order valence-electron chi connectivity index (χ2n) is 19.7. The standard InChI is InChI=1S/C66H49NO/c1-65(2)59-38-46(42-15-7-5-8-16-42)25-32-53(59)55-34-30-49(40-61(55)65)67(48-28-23-44(24-29-48)52-20-12-11-19-51(52)43-17-9-6-10-18-43)50-31-35-56-54-33-26-47(39-60(54)66(3,4)62(56)41-50)45-27-36-64-58(37-45)57-21-13-14-22-63(57)68-64/h5-41H,1-4H3. The van der Waals surface area contributed by atoms with Gasteiger partial charge in [-0.05, 0) is 156 Å². The molecule has 0 bridgehead atoms. The normalized spacial score (nSPS) is 13.8. The molecule has 11 aromatic rings. The lowest BCUT2D eigenvalue weighted by Crippen LogP contribution is -2.18. The highest BCUT2D eigenvalue weighted by atomic mass is 16.3. The quantitative estimate of drug-likeness (QED) is 0.159. The third kappa shape index (κ3) is 6.25. The van der Waals surface area contributed by atoms with Gasteiger partial charge in [-0.25, -0.2) is 0 Å². The number of furan rings is 1. The molecule has 10 aromatic carbocycles.